The van der Waals surface area contributed by atoms with Gasteiger partial charge in [-0.15, -0.1) is 0 Å². The van der Waals surface area contributed by atoms with Gasteiger partial charge in [-0.3, -0.25) is 0 Å². The molecular formula is C12H14F4N2O. The summed E-state index contributed by atoms with van der Waals surface area (Å²) in [6.45, 7) is 3.24. The zero-order valence-corrected chi connectivity index (χ0v) is 10.4. The first-order valence-electron chi connectivity index (χ1n) is 5.94. The Kier molecular flexibility index (Phi) is 3.93. The smallest absolute Gasteiger partial charge is 0.253 e. The lowest BCUT2D eigenvalue weighted by Crippen LogP contribution is -2.33. The van der Waals surface area contributed by atoms with Crippen LogP contribution in [-0.4, -0.2) is 24.7 Å². The molecule has 0 unspecified atom stereocenters. The quantitative estimate of drug-likeness (QED) is 0.682. The molecule has 1 aliphatic heterocycles. The van der Waals surface area contributed by atoms with Crippen molar-refractivity contribution in [1.82, 2.24) is 4.98 Å². The third kappa shape index (κ3) is 2.97. The molecule has 7 heteroatoms. The molecule has 0 saturated carbocycles. The maximum Gasteiger partial charge on any atom is 0.253 e. The van der Waals surface area contributed by atoms with Gasteiger partial charge in [0.15, 0.2) is 0 Å². The Hall–Kier alpha value is -1.37. The summed E-state index contributed by atoms with van der Waals surface area (Å²) >= 11 is 0. The number of anilines is 1. The van der Waals surface area contributed by atoms with E-state index in [2.05, 4.69) is 10.3 Å². The maximum atomic E-state index is 13.4. The molecule has 1 aromatic heterocycles. The fourth-order valence-electron chi connectivity index (χ4n) is 1.98. The van der Waals surface area contributed by atoms with Crippen molar-refractivity contribution in [2.45, 2.75) is 19.8 Å². The van der Waals surface area contributed by atoms with Crippen molar-refractivity contribution in [2.24, 2.45) is 5.41 Å². The van der Waals surface area contributed by atoms with Crippen LogP contribution in [0.5, 0.6) is 0 Å². The van der Waals surface area contributed by atoms with Gasteiger partial charge in [-0.1, -0.05) is 6.92 Å². The van der Waals surface area contributed by atoms with E-state index in [-0.39, 0.29) is 12.0 Å². The molecule has 1 saturated heterocycles. The zero-order valence-electron chi connectivity index (χ0n) is 10.4. The van der Waals surface area contributed by atoms with Gasteiger partial charge in [-0.2, -0.15) is 22.5 Å². The number of nitrogens with one attached hydrogen (secondary N) is 1. The molecule has 1 N–H and O–H groups in total. The highest BCUT2D eigenvalue weighted by atomic mass is 19.2. The second-order valence-electron chi connectivity index (χ2n) is 4.97. The van der Waals surface area contributed by atoms with Gasteiger partial charge in [0.2, 0.25) is 11.6 Å². The summed E-state index contributed by atoms with van der Waals surface area (Å²) < 4.78 is 57.8. The zero-order chi connectivity index (χ0) is 14.0. The van der Waals surface area contributed by atoms with Crippen LogP contribution in [0.15, 0.2) is 0 Å². The number of pyridine rings is 1. The summed E-state index contributed by atoms with van der Waals surface area (Å²) in [5.41, 5.74) is -1.04. The van der Waals surface area contributed by atoms with Crippen molar-refractivity contribution in [1.29, 1.82) is 0 Å². The van der Waals surface area contributed by atoms with Crippen LogP contribution in [0.1, 0.15) is 19.8 Å². The normalized spacial score (nSPS) is 18.4. The van der Waals surface area contributed by atoms with Crippen molar-refractivity contribution in [3.8, 4) is 0 Å². The van der Waals surface area contributed by atoms with E-state index in [9.17, 15) is 17.6 Å². The lowest BCUT2D eigenvalue weighted by atomic mass is 9.82. The third-order valence-corrected chi connectivity index (χ3v) is 3.39. The molecule has 2 heterocycles. The monoisotopic (exact) mass is 278 g/mol. The number of halogens is 4. The Balaban J connectivity index is 2.15. The van der Waals surface area contributed by atoms with E-state index in [1.807, 2.05) is 6.92 Å². The van der Waals surface area contributed by atoms with E-state index in [4.69, 9.17) is 4.74 Å². The number of ether oxygens (including phenoxy) is 1. The van der Waals surface area contributed by atoms with Gasteiger partial charge >= 0.3 is 0 Å². The van der Waals surface area contributed by atoms with E-state index in [0.29, 0.717) is 26.1 Å². The standard InChI is InChI=1S/C12H14F4N2O/c1-12(2-4-19-5-3-12)6-17-9-7(13)10(15)18-11(16)8(9)14/h2-6H2,1H3,(H,17,18). The van der Waals surface area contributed by atoms with Crippen molar-refractivity contribution < 1.29 is 22.3 Å². The number of rotatable bonds is 3. The Morgan fingerprint density at radius 3 is 2.16 bits per heavy atom. The summed E-state index contributed by atoms with van der Waals surface area (Å²) in [5.74, 6) is -6.32. The number of aromatic nitrogens is 1. The molecule has 3 nitrogen and oxygen atoms in total. The van der Waals surface area contributed by atoms with Crippen molar-refractivity contribution in [3.05, 3.63) is 23.5 Å². The summed E-state index contributed by atoms with van der Waals surface area (Å²) in [7, 11) is 0. The van der Waals surface area contributed by atoms with Crippen molar-refractivity contribution in [3.63, 3.8) is 0 Å². The first-order valence-corrected chi connectivity index (χ1v) is 5.94. The molecule has 106 valence electrons. The Morgan fingerprint density at radius 1 is 1.11 bits per heavy atom. The molecule has 19 heavy (non-hydrogen) atoms. The minimum absolute atomic E-state index is 0.201. The molecule has 1 aromatic rings. The topological polar surface area (TPSA) is 34.2 Å². The van der Waals surface area contributed by atoms with Gasteiger partial charge < -0.3 is 10.1 Å². The second-order valence-corrected chi connectivity index (χ2v) is 4.97. The van der Waals surface area contributed by atoms with Crippen molar-refractivity contribution in [2.75, 3.05) is 25.1 Å². The molecule has 0 spiro atoms. The van der Waals surface area contributed by atoms with Crippen LogP contribution < -0.4 is 5.32 Å². The molecule has 0 amide bonds. The number of hydrogen-bond donors (Lipinski definition) is 1. The van der Waals surface area contributed by atoms with E-state index in [0.717, 1.165) is 0 Å². The van der Waals surface area contributed by atoms with E-state index < -0.39 is 29.2 Å². The fourth-order valence-corrected chi connectivity index (χ4v) is 1.98. The van der Waals surface area contributed by atoms with Crippen LogP contribution >= 0.6 is 0 Å². The predicted molar refractivity (Wildman–Crippen MR) is 60.7 cm³/mol. The molecule has 0 bridgehead atoms. The molecule has 0 aromatic carbocycles. The highest BCUT2D eigenvalue weighted by Crippen LogP contribution is 2.31. The average molecular weight is 278 g/mol. The van der Waals surface area contributed by atoms with E-state index in [1.165, 1.54) is 0 Å². The van der Waals surface area contributed by atoms with Gasteiger partial charge in [0.05, 0.1) is 0 Å². The predicted octanol–water partition coefficient (Wildman–Crippen LogP) is 2.87. The van der Waals surface area contributed by atoms with Gasteiger partial charge in [0.25, 0.3) is 11.9 Å². The summed E-state index contributed by atoms with van der Waals surface area (Å²) in [6.07, 6.45) is 1.42. The van der Waals surface area contributed by atoms with Gasteiger partial charge in [0, 0.05) is 19.8 Å². The molecule has 2 rings (SSSR count). The SMILES string of the molecule is CC1(CNc2c(F)c(F)nc(F)c2F)CCOCC1. The Morgan fingerprint density at radius 2 is 1.63 bits per heavy atom. The van der Waals surface area contributed by atoms with Crippen LogP contribution in [0.3, 0.4) is 0 Å². The second kappa shape index (κ2) is 5.32. The average Bonchev–Trinajstić information content (AvgIpc) is 2.37. The minimum Gasteiger partial charge on any atom is -0.381 e. The first kappa shape index (κ1) is 14.0. The van der Waals surface area contributed by atoms with Gasteiger partial charge in [-0.05, 0) is 18.3 Å². The number of nitrogens with zero attached hydrogens (tertiary/aromatic N) is 1. The summed E-state index contributed by atoms with van der Waals surface area (Å²) in [6, 6.07) is 0. The molecule has 0 radical (unpaired) electrons. The van der Waals surface area contributed by atoms with Gasteiger partial charge in [0.1, 0.15) is 5.69 Å². The van der Waals surface area contributed by atoms with Crippen LogP contribution in [-0.2, 0) is 4.74 Å². The third-order valence-electron chi connectivity index (χ3n) is 3.39. The van der Waals surface area contributed by atoms with Crippen LogP contribution in [0.2, 0.25) is 0 Å². The van der Waals surface area contributed by atoms with E-state index >= 15 is 0 Å². The molecule has 0 aliphatic carbocycles. The highest BCUT2D eigenvalue weighted by Gasteiger charge is 2.29. The summed E-state index contributed by atoms with van der Waals surface area (Å²) in [5, 5.41) is 2.45. The maximum absolute atomic E-state index is 13.4. The van der Waals surface area contributed by atoms with Crippen molar-refractivity contribution >= 4 is 5.69 Å². The molecule has 0 atom stereocenters. The molecule has 1 aliphatic rings. The lowest BCUT2D eigenvalue weighted by Gasteiger charge is -2.33. The largest absolute Gasteiger partial charge is 0.381 e. The first-order chi connectivity index (χ1) is 8.93. The van der Waals surface area contributed by atoms with E-state index in [1.54, 1.807) is 0 Å². The fraction of sp³-hybridized carbons (Fsp3) is 0.583. The molecular weight excluding hydrogens is 264 g/mol. The molecule has 1 fully saturated rings. The van der Waals surface area contributed by atoms with Crippen LogP contribution in [0.4, 0.5) is 23.2 Å². The van der Waals surface area contributed by atoms with Crippen LogP contribution in [0, 0.1) is 28.9 Å². The minimum atomic E-state index is -1.65. The number of hydrogen-bond acceptors (Lipinski definition) is 3. The van der Waals surface area contributed by atoms with Crippen LogP contribution in [0.25, 0.3) is 0 Å². The Labute approximate surface area is 108 Å². The summed E-state index contributed by atoms with van der Waals surface area (Å²) in [4.78, 5) is 2.50. The Bertz CT molecular complexity index is 449. The van der Waals surface area contributed by atoms with Gasteiger partial charge in [-0.25, -0.2) is 0 Å². The highest BCUT2D eigenvalue weighted by molar-refractivity contribution is 5.45. The lowest BCUT2D eigenvalue weighted by molar-refractivity contribution is 0.0299.